The number of aromatic nitrogens is 1. The highest BCUT2D eigenvalue weighted by atomic mass is 16.3. The van der Waals surface area contributed by atoms with E-state index in [1.807, 2.05) is 0 Å². The molecule has 1 amide bonds. The summed E-state index contributed by atoms with van der Waals surface area (Å²) >= 11 is 0. The highest BCUT2D eigenvalue weighted by Crippen LogP contribution is 2.37. The largest absolute Gasteiger partial charge is 0.448 e. The van der Waals surface area contributed by atoms with Crippen LogP contribution in [0.4, 0.5) is 0 Å². The van der Waals surface area contributed by atoms with Crippen LogP contribution in [0.5, 0.6) is 0 Å². The lowest BCUT2D eigenvalue weighted by atomic mass is 9.81. The summed E-state index contributed by atoms with van der Waals surface area (Å²) in [6, 6.07) is 0. The van der Waals surface area contributed by atoms with Crippen LogP contribution >= 0.6 is 0 Å². The van der Waals surface area contributed by atoms with Gasteiger partial charge in [0.15, 0.2) is 6.39 Å². The van der Waals surface area contributed by atoms with Crippen molar-refractivity contribution in [3.05, 3.63) is 51.7 Å². The molecule has 0 radical (unpaired) electrons. The standard InChI is InChI=1S/C19H26N2O2/c1-11-12(2)14(4)19(15(5)13(11)3)16(8-18(22)21(6)7)17-9-20-10-23-17/h9-10,16H,8H2,1-7H3. The van der Waals surface area contributed by atoms with Crippen LogP contribution in [0, 0.1) is 34.6 Å². The van der Waals surface area contributed by atoms with Gasteiger partial charge in [-0.2, -0.15) is 0 Å². The molecule has 124 valence electrons. The van der Waals surface area contributed by atoms with E-state index in [1.165, 1.54) is 39.8 Å². The normalized spacial score (nSPS) is 12.3. The van der Waals surface area contributed by atoms with Crippen LogP contribution in [0.25, 0.3) is 0 Å². The molecule has 4 heteroatoms. The van der Waals surface area contributed by atoms with E-state index in [-0.39, 0.29) is 11.8 Å². The number of nitrogens with zero attached hydrogens (tertiary/aromatic N) is 2. The van der Waals surface area contributed by atoms with Crippen molar-refractivity contribution >= 4 is 5.91 Å². The first kappa shape index (κ1) is 17.3. The average molecular weight is 314 g/mol. The Kier molecular flexibility index (Phi) is 4.93. The van der Waals surface area contributed by atoms with Crippen molar-refractivity contribution in [1.29, 1.82) is 0 Å². The van der Waals surface area contributed by atoms with Gasteiger partial charge in [-0.15, -0.1) is 0 Å². The van der Waals surface area contributed by atoms with Gasteiger partial charge in [-0.3, -0.25) is 4.79 Å². The lowest BCUT2D eigenvalue weighted by Crippen LogP contribution is -2.24. The van der Waals surface area contributed by atoms with Crippen molar-refractivity contribution in [2.24, 2.45) is 0 Å². The van der Waals surface area contributed by atoms with Crippen LogP contribution < -0.4 is 0 Å². The number of oxazole rings is 1. The van der Waals surface area contributed by atoms with Gasteiger partial charge in [-0.1, -0.05) is 0 Å². The summed E-state index contributed by atoms with van der Waals surface area (Å²) in [5.41, 5.74) is 7.54. The van der Waals surface area contributed by atoms with Crippen LogP contribution in [0.3, 0.4) is 0 Å². The maximum absolute atomic E-state index is 12.3. The van der Waals surface area contributed by atoms with Gasteiger partial charge in [0.2, 0.25) is 5.91 Å². The smallest absolute Gasteiger partial charge is 0.223 e. The fourth-order valence-corrected chi connectivity index (χ4v) is 3.15. The van der Waals surface area contributed by atoms with Gasteiger partial charge in [0, 0.05) is 20.5 Å². The highest BCUT2D eigenvalue weighted by Gasteiger charge is 2.27. The minimum absolute atomic E-state index is 0.0843. The highest BCUT2D eigenvalue weighted by molar-refractivity contribution is 5.77. The van der Waals surface area contributed by atoms with Gasteiger partial charge in [0.05, 0.1) is 12.1 Å². The first-order valence-corrected chi connectivity index (χ1v) is 7.91. The average Bonchev–Trinajstić information content (AvgIpc) is 3.04. The summed E-state index contributed by atoms with van der Waals surface area (Å²) in [6.07, 6.45) is 3.53. The fraction of sp³-hybridized carbons (Fsp3) is 0.474. The Hall–Kier alpha value is -2.10. The second kappa shape index (κ2) is 6.57. The minimum atomic E-state index is -0.106. The zero-order chi connectivity index (χ0) is 17.3. The molecule has 2 rings (SSSR count). The Morgan fingerprint density at radius 2 is 1.57 bits per heavy atom. The van der Waals surface area contributed by atoms with Crippen LogP contribution in [-0.4, -0.2) is 29.9 Å². The molecule has 1 aromatic heterocycles. The van der Waals surface area contributed by atoms with Crippen LogP contribution in [-0.2, 0) is 4.79 Å². The number of amides is 1. The van der Waals surface area contributed by atoms with Gasteiger partial charge in [-0.05, 0) is 68.0 Å². The minimum Gasteiger partial charge on any atom is -0.448 e. The van der Waals surface area contributed by atoms with E-state index >= 15 is 0 Å². The van der Waals surface area contributed by atoms with E-state index in [0.29, 0.717) is 6.42 Å². The van der Waals surface area contributed by atoms with Crippen molar-refractivity contribution in [2.45, 2.75) is 47.0 Å². The molecule has 1 aromatic carbocycles. The molecule has 1 unspecified atom stereocenters. The molecule has 0 aliphatic rings. The summed E-state index contributed by atoms with van der Waals surface area (Å²) in [5, 5.41) is 0. The first-order valence-electron chi connectivity index (χ1n) is 7.91. The van der Waals surface area contributed by atoms with Crippen molar-refractivity contribution in [3.8, 4) is 0 Å². The monoisotopic (exact) mass is 314 g/mol. The molecule has 0 bridgehead atoms. The summed E-state index contributed by atoms with van der Waals surface area (Å²) < 4.78 is 5.57. The molecule has 1 heterocycles. The molecule has 0 fully saturated rings. The molecule has 23 heavy (non-hydrogen) atoms. The summed E-state index contributed by atoms with van der Waals surface area (Å²) in [5.74, 6) is 0.723. The summed E-state index contributed by atoms with van der Waals surface area (Å²) in [4.78, 5) is 18.0. The topological polar surface area (TPSA) is 46.3 Å². The van der Waals surface area contributed by atoms with E-state index in [9.17, 15) is 4.79 Å². The molecule has 1 atom stereocenters. The Morgan fingerprint density at radius 1 is 1.04 bits per heavy atom. The first-order chi connectivity index (χ1) is 10.8. The van der Waals surface area contributed by atoms with Crippen LogP contribution in [0.15, 0.2) is 17.0 Å². The van der Waals surface area contributed by atoms with Crippen LogP contribution in [0.2, 0.25) is 0 Å². The van der Waals surface area contributed by atoms with Crippen molar-refractivity contribution < 1.29 is 9.21 Å². The Labute approximate surface area is 138 Å². The molecular formula is C19H26N2O2. The van der Waals surface area contributed by atoms with E-state index in [2.05, 4.69) is 39.6 Å². The third kappa shape index (κ3) is 3.16. The van der Waals surface area contributed by atoms with Gasteiger partial charge in [0.25, 0.3) is 0 Å². The molecule has 4 nitrogen and oxygen atoms in total. The van der Waals surface area contributed by atoms with Gasteiger partial charge in [0.1, 0.15) is 5.76 Å². The fourth-order valence-electron chi connectivity index (χ4n) is 3.15. The van der Waals surface area contributed by atoms with Gasteiger partial charge in [-0.25, -0.2) is 4.98 Å². The number of carbonyl (C=O) groups is 1. The Morgan fingerprint density at radius 3 is 2.00 bits per heavy atom. The predicted molar refractivity (Wildman–Crippen MR) is 91.8 cm³/mol. The molecule has 2 aromatic rings. The zero-order valence-corrected chi connectivity index (χ0v) is 15.2. The third-order valence-electron chi connectivity index (χ3n) is 5.08. The molecular weight excluding hydrogens is 288 g/mol. The van der Waals surface area contributed by atoms with E-state index in [4.69, 9.17) is 4.42 Å². The number of hydrogen-bond donors (Lipinski definition) is 0. The van der Waals surface area contributed by atoms with E-state index in [0.717, 1.165) is 5.76 Å². The van der Waals surface area contributed by atoms with Crippen molar-refractivity contribution in [1.82, 2.24) is 9.88 Å². The lowest BCUT2D eigenvalue weighted by molar-refractivity contribution is -0.129. The van der Waals surface area contributed by atoms with Crippen molar-refractivity contribution in [3.63, 3.8) is 0 Å². The molecule has 0 aliphatic carbocycles. The Balaban J connectivity index is 2.63. The number of benzene rings is 1. The van der Waals surface area contributed by atoms with Gasteiger partial charge < -0.3 is 9.32 Å². The zero-order valence-electron chi connectivity index (χ0n) is 15.2. The molecule has 0 spiro atoms. The number of carbonyl (C=O) groups excluding carboxylic acids is 1. The SMILES string of the molecule is Cc1c(C)c(C)c(C(CC(=O)N(C)C)c2cnco2)c(C)c1C. The van der Waals surface area contributed by atoms with E-state index < -0.39 is 0 Å². The van der Waals surface area contributed by atoms with Gasteiger partial charge >= 0.3 is 0 Å². The number of rotatable bonds is 4. The maximum atomic E-state index is 12.3. The molecule has 0 N–H and O–H groups in total. The predicted octanol–water partition coefficient (Wildman–Crippen LogP) is 3.83. The third-order valence-corrected chi connectivity index (χ3v) is 5.08. The quantitative estimate of drug-likeness (QED) is 0.861. The number of hydrogen-bond acceptors (Lipinski definition) is 3. The Bertz CT molecular complexity index is 686. The second-order valence-electron chi connectivity index (χ2n) is 6.49. The summed E-state index contributed by atoms with van der Waals surface area (Å²) in [6.45, 7) is 10.7. The second-order valence-corrected chi connectivity index (χ2v) is 6.49. The molecule has 0 saturated carbocycles. The summed E-state index contributed by atoms with van der Waals surface area (Å²) in [7, 11) is 3.57. The maximum Gasteiger partial charge on any atom is 0.223 e. The lowest BCUT2D eigenvalue weighted by Gasteiger charge is -2.25. The van der Waals surface area contributed by atoms with E-state index in [1.54, 1.807) is 25.2 Å². The van der Waals surface area contributed by atoms with Crippen molar-refractivity contribution in [2.75, 3.05) is 14.1 Å². The molecule has 0 aliphatic heterocycles. The molecule has 0 saturated heterocycles. The van der Waals surface area contributed by atoms with Crippen LogP contribution in [0.1, 0.15) is 51.5 Å².